The minimum atomic E-state index is -2.69. The zero-order valence-corrected chi connectivity index (χ0v) is 26.7. The molecular weight excluding hydrogens is 669 g/mol. The number of halogens is 4. The molecule has 6 heterocycles. The minimum Gasteiger partial charge on any atom is -0.348 e. The number of likely N-dealkylation sites (tertiary alicyclic amines) is 1. The third kappa shape index (κ3) is 7.05. The summed E-state index contributed by atoms with van der Waals surface area (Å²) in [6, 6.07) is 0. The van der Waals surface area contributed by atoms with E-state index >= 15 is 0 Å². The first-order valence-electron chi connectivity index (χ1n) is 14.7. The SMILES string of the molecule is O=C(CC1=CCC(N2CC(F)(F)C2)=N1)Nc1nnc([C@H]2CCC[C@H](c3nnc(NC(=O)Cc4csc(N5CC(F)(F)C5)n4)s3)C2)s1. The summed E-state index contributed by atoms with van der Waals surface area (Å²) in [5.74, 6) is -5.14. The quantitative estimate of drug-likeness (QED) is 0.299. The molecule has 7 rings (SSSR count). The summed E-state index contributed by atoms with van der Waals surface area (Å²) in [6.45, 7) is -1.39. The Kier molecular flexibility index (Phi) is 8.25. The fourth-order valence-electron chi connectivity index (χ4n) is 5.84. The molecule has 2 amide bonds. The first kappa shape index (κ1) is 31.0. The van der Waals surface area contributed by atoms with Crippen molar-refractivity contribution in [2.75, 3.05) is 41.7 Å². The second-order valence-electron chi connectivity index (χ2n) is 11.9. The zero-order chi connectivity index (χ0) is 32.1. The first-order valence-corrected chi connectivity index (χ1v) is 17.2. The molecule has 4 aliphatic rings. The summed E-state index contributed by atoms with van der Waals surface area (Å²) in [7, 11) is 0. The van der Waals surface area contributed by atoms with E-state index in [0.29, 0.717) is 39.0 Å². The van der Waals surface area contributed by atoms with Crippen LogP contribution in [0.1, 0.15) is 66.1 Å². The predicted octanol–water partition coefficient (Wildman–Crippen LogP) is 4.89. The average Bonchev–Trinajstić information content (AvgIpc) is 3.79. The van der Waals surface area contributed by atoms with Gasteiger partial charge in [-0.05, 0) is 19.3 Å². The normalized spacial score (nSPS) is 23.3. The van der Waals surface area contributed by atoms with Crippen molar-refractivity contribution in [2.45, 2.75) is 68.6 Å². The molecule has 2 atom stereocenters. The van der Waals surface area contributed by atoms with Crippen LogP contribution in [0.3, 0.4) is 0 Å². The molecule has 1 aliphatic carbocycles. The Labute approximate surface area is 272 Å². The van der Waals surface area contributed by atoms with Crippen molar-refractivity contribution in [1.29, 1.82) is 0 Å². The van der Waals surface area contributed by atoms with Crippen LogP contribution in [0, 0.1) is 0 Å². The van der Waals surface area contributed by atoms with Gasteiger partial charge in [-0.15, -0.1) is 31.7 Å². The van der Waals surface area contributed by atoms with Crippen LogP contribution in [0.15, 0.2) is 22.1 Å². The van der Waals surface area contributed by atoms with Crippen molar-refractivity contribution in [3.63, 3.8) is 0 Å². The molecule has 19 heteroatoms. The maximum Gasteiger partial charge on any atom is 0.282 e. The van der Waals surface area contributed by atoms with E-state index in [0.717, 1.165) is 35.7 Å². The van der Waals surface area contributed by atoms with E-state index in [2.05, 4.69) is 41.0 Å². The summed E-state index contributed by atoms with van der Waals surface area (Å²) in [5.41, 5.74) is 1.06. The number of amides is 2. The minimum absolute atomic E-state index is 0.00299. The lowest BCUT2D eigenvalue weighted by atomic mass is 9.82. The number of amidine groups is 1. The molecule has 2 N–H and O–H groups in total. The molecule has 244 valence electrons. The molecule has 3 aromatic rings. The molecule has 12 nitrogen and oxygen atoms in total. The number of carbonyl (C=O) groups is 2. The van der Waals surface area contributed by atoms with Crippen LogP contribution in [-0.2, 0) is 16.0 Å². The van der Waals surface area contributed by atoms with Gasteiger partial charge < -0.3 is 20.4 Å². The molecule has 3 fully saturated rings. The third-order valence-electron chi connectivity index (χ3n) is 8.09. The number of alkyl halides is 4. The number of carbonyl (C=O) groups excluding carboxylic acids is 2. The summed E-state index contributed by atoms with van der Waals surface area (Å²) < 4.78 is 52.6. The first-order chi connectivity index (χ1) is 22.0. The van der Waals surface area contributed by atoms with Gasteiger partial charge in [0.25, 0.3) is 11.8 Å². The standard InChI is InChI=1S/C27H28F4N10O2S3/c28-26(29)10-40(11-26)18-5-4-16(32-18)7-19(42)34-23-38-36-21(45-23)14-2-1-3-15(6-14)22-37-39-24(46-22)35-20(43)8-17-9-44-25(33-17)41-12-27(30,31)13-41/h4,9,14-15H,1-3,5-8,10-13H2,(H,34,38,42)(H,35,39,43)/t14-,15-/m0/s1. The Bertz CT molecular complexity index is 1690. The highest BCUT2D eigenvalue weighted by molar-refractivity contribution is 7.16. The van der Waals surface area contributed by atoms with Gasteiger partial charge in [0, 0.05) is 29.3 Å². The summed E-state index contributed by atoms with van der Waals surface area (Å²) in [6.07, 6.45) is 5.82. The lowest BCUT2D eigenvalue weighted by molar-refractivity contribution is -0.116. The second kappa shape index (κ2) is 12.2. The number of hydrogen-bond acceptors (Lipinski definition) is 13. The largest absolute Gasteiger partial charge is 0.348 e. The molecule has 0 radical (unpaired) electrons. The van der Waals surface area contributed by atoms with Crippen molar-refractivity contribution in [1.82, 2.24) is 30.3 Å². The van der Waals surface area contributed by atoms with Crippen LogP contribution in [0.5, 0.6) is 0 Å². The van der Waals surface area contributed by atoms with Gasteiger partial charge >= 0.3 is 0 Å². The van der Waals surface area contributed by atoms with Gasteiger partial charge in [0.2, 0.25) is 22.1 Å². The zero-order valence-electron chi connectivity index (χ0n) is 24.2. The van der Waals surface area contributed by atoms with Gasteiger partial charge in [-0.1, -0.05) is 35.2 Å². The Morgan fingerprint density at radius 3 is 2.04 bits per heavy atom. The topological polar surface area (TPSA) is 141 Å². The summed E-state index contributed by atoms with van der Waals surface area (Å²) in [5, 5.41) is 27.1. The number of nitrogens with one attached hydrogen (secondary N) is 2. The predicted molar refractivity (Wildman–Crippen MR) is 165 cm³/mol. The Balaban J connectivity index is 0.879. The lowest BCUT2D eigenvalue weighted by Crippen LogP contribution is -2.58. The lowest BCUT2D eigenvalue weighted by Gasteiger charge is -2.40. The van der Waals surface area contributed by atoms with E-state index in [1.54, 1.807) is 11.5 Å². The Morgan fingerprint density at radius 1 is 0.848 bits per heavy atom. The number of hydrogen-bond donors (Lipinski definition) is 2. The van der Waals surface area contributed by atoms with Crippen molar-refractivity contribution in [2.24, 2.45) is 4.99 Å². The molecular formula is C27H28F4N10O2S3. The second-order valence-corrected chi connectivity index (χ2v) is 14.7. The monoisotopic (exact) mass is 696 g/mol. The molecule has 0 spiro atoms. The number of thiazole rings is 1. The molecule has 1 saturated carbocycles. The van der Waals surface area contributed by atoms with E-state index < -0.39 is 11.8 Å². The smallest absolute Gasteiger partial charge is 0.282 e. The number of anilines is 3. The van der Waals surface area contributed by atoms with Crippen LogP contribution in [-0.4, -0.2) is 86.0 Å². The highest BCUT2D eigenvalue weighted by Gasteiger charge is 2.46. The van der Waals surface area contributed by atoms with Crippen LogP contribution in [0.25, 0.3) is 0 Å². The van der Waals surface area contributed by atoms with Crippen molar-refractivity contribution in [3.05, 3.63) is 32.9 Å². The Hall–Kier alpha value is -3.58. The molecule has 0 unspecified atom stereocenters. The van der Waals surface area contributed by atoms with Gasteiger partial charge in [0.05, 0.1) is 44.7 Å². The van der Waals surface area contributed by atoms with Crippen molar-refractivity contribution in [3.8, 4) is 0 Å². The highest BCUT2D eigenvalue weighted by Crippen LogP contribution is 2.43. The number of rotatable bonds is 9. The van der Waals surface area contributed by atoms with E-state index in [4.69, 9.17) is 0 Å². The molecule has 46 heavy (non-hydrogen) atoms. The van der Waals surface area contributed by atoms with Gasteiger partial charge in [-0.2, -0.15) is 0 Å². The molecule has 0 bridgehead atoms. The van der Waals surface area contributed by atoms with Gasteiger partial charge in [-0.25, -0.2) is 27.5 Å². The molecule has 0 aromatic carbocycles. The van der Waals surface area contributed by atoms with Crippen LogP contribution in [0.4, 0.5) is 33.0 Å². The average molecular weight is 697 g/mol. The van der Waals surface area contributed by atoms with Gasteiger partial charge in [0.1, 0.15) is 15.9 Å². The van der Waals surface area contributed by atoms with Crippen molar-refractivity contribution < 1.29 is 27.2 Å². The van der Waals surface area contributed by atoms with Crippen LogP contribution >= 0.6 is 34.0 Å². The van der Waals surface area contributed by atoms with Crippen LogP contribution < -0.4 is 15.5 Å². The molecule has 3 aromatic heterocycles. The number of aliphatic imine (C=N–C) groups is 1. The fourth-order valence-corrected chi connectivity index (χ4v) is 8.48. The maximum absolute atomic E-state index is 13.2. The van der Waals surface area contributed by atoms with E-state index in [1.165, 1.54) is 43.8 Å². The van der Waals surface area contributed by atoms with E-state index in [9.17, 15) is 27.2 Å². The third-order valence-corrected chi connectivity index (χ3v) is 11.0. The van der Waals surface area contributed by atoms with E-state index in [1.807, 2.05) is 0 Å². The van der Waals surface area contributed by atoms with Gasteiger partial charge in [-0.3, -0.25) is 9.59 Å². The van der Waals surface area contributed by atoms with E-state index in [-0.39, 0.29) is 62.7 Å². The van der Waals surface area contributed by atoms with Gasteiger partial charge in [0.15, 0.2) is 5.13 Å². The summed E-state index contributed by atoms with van der Waals surface area (Å²) >= 11 is 3.89. The fraction of sp³-hybridized carbons (Fsp3) is 0.556. The van der Waals surface area contributed by atoms with Crippen molar-refractivity contribution >= 4 is 67.1 Å². The molecule has 3 aliphatic heterocycles. The highest BCUT2D eigenvalue weighted by atomic mass is 32.1. The number of nitrogens with zero attached hydrogens (tertiary/aromatic N) is 8. The van der Waals surface area contributed by atoms with Crippen LogP contribution in [0.2, 0.25) is 0 Å². The number of aromatic nitrogens is 5. The maximum atomic E-state index is 13.2. The molecule has 2 saturated heterocycles. The Morgan fingerprint density at radius 2 is 1.43 bits per heavy atom. The summed E-state index contributed by atoms with van der Waals surface area (Å²) in [4.78, 5) is 36.9.